The Morgan fingerprint density at radius 1 is 0.933 bits per heavy atom. The number of nitrogens with one attached hydrogen (secondary N) is 3. The molecular weight excluding hydrogens is 380 g/mol. The Bertz CT molecular complexity index is 903. The van der Waals surface area contributed by atoms with Gasteiger partial charge in [-0.25, -0.2) is 0 Å². The summed E-state index contributed by atoms with van der Waals surface area (Å²) < 4.78 is 0. The van der Waals surface area contributed by atoms with Crippen molar-refractivity contribution in [1.82, 2.24) is 10.2 Å². The van der Waals surface area contributed by atoms with E-state index in [-0.39, 0.29) is 30.3 Å². The zero-order chi connectivity index (χ0) is 21.5. The molecule has 3 amide bonds. The van der Waals surface area contributed by atoms with Gasteiger partial charge in [-0.15, -0.1) is 0 Å². The van der Waals surface area contributed by atoms with E-state index in [0.717, 1.165) is 31.6 Å². The lowest BCUT2D eigenvalue weighted by molar-refractivity contribution is -0.114. The highest BCUT2D eigenvalue weighted by Crippen LogP contribution is 2.16. The number of hydrogen-bond acceptors (Lipinski definition) is 4. The highest BCUT2D eigenvalue weighted by Gasteiger charge is 2.19. The van der Waals surface area contributed by atoms with E-state index in [1.807, 2.05) is 18.7 Å². The molecule has 1 fully saturated rings. The molecule has 7 heteroatoms. The van der Waals surface area contributed by atoms with Crippen LogP contribution in [-0.4, -0.2) is 48.3 Å². The van der Waals surface area contributed by atoms with Gasteiger partial charge in [0.2, 0.25) is 5.91 Å². The first-order chi connectivity index (χ1) is 14.4. The molecule has 1 aliphatic heterocycles. The fraction of sp³-hybridized carbons (Fsp3) is 0.348. The number of amides is 3. The number of anilines is 2. The van der Waals surface area contributed by atoms with E-state index in [0.29, 0.717) is 16.8 Å². The number of nitrogens with zero attached hydrogens (tertiary/aromatic N) is 1. The van der Waals surface area contributed by atoms with Gasteiger partial charge in [0.05, 0.1) is 6.54 Å². The molecule has 0 unspecified atom stereocenters. The summed E-state index contributed by atoms with van der Waals surface area (Å²) in [6, 6.07) is 14.0. The molecule has 0 bridgehead atoms. The highest BCUT2D eigenvalue weighted by atomic mass is 16.2. The lowest BCUT2D eigenvalue weighted by atomic mass is 10.1. The third-order valence-corrected chi connectivity index (χ3v) is 4.81. The Morgan fingerprint density at radius 2 is 1.63 bits per heavy atom. The molecule has 158 valence electrons. The number of carbonyl (C=O) groups is 3. The molecule has 3 N–H and O–H groups in total. The maximum Gasteiger partial charge on any atom is 0.253 e. The molecule has 2 aromatic carbocycles. The lowest BCUT2D eigenvalue weighted by Crippen LogP contribution is -2.30. The monoisotopic (exact) mass is 408 g/mol. The molecule has 3 rings (SSSR count). The van der Waals surface area contributed by atoms with Gasteiger partial charge in [-0.05, 0) is 69.2 Å². The van der Waals surface area contributed by atoms with Crippen LogP contribution in [0, 0.1) is 0 Å². The van der Waals surface area contributed by atoms with Crippen molar-refractivity contribution in [3.63, 3.8) is 0 Å². The maximum atomic E-state index is 12.4. The van der Waals surface area contributed by atoms with Crippen molar-refractivity contribution in [2.45, 2.75) is 32.7 Å². The number of hydrogen-bond donors (Lipinski definition) is 3. The summed E-state index contributed by atoms with van der Waals surface area (Å²) in [4.78, 5) is 38.6. The second-order valence-corrected chi connectivity index (χ2v) is 7.69. The largest absolute Gasteiger partial charge is 0.376 e. The Labute approximate surface area is 176 Å². The van der Waals surface area contributed by atoms with Crippen LogP contribution in [0.1, 0.15) is 47.4 Å². The van der Waals surface area contributed by atoms with Gasteiger partial charge in [-0.2, -0.15) is 0 Å². The maximum absolute atomic E-state index is 12.4. The standard InChI is InChI=1S/C23H28N4O3/c1-16(2)25-22(29)18-6-5-7-20(14-18)26-21(28)15-24-19-10-8-17(9-11-19)23(30)27-12-3-4-13-27/h5-11,14,16,24H,3-4,12-13,15H2,1-2H3,(H,25,29)(H,26,28). The number of carbonyl (C=O) groups excluding carboxylic acids is 3. The van der Waals surface area contributed by atoms with Crippen molar-refractivity contribution in [1.29, 1.82) is 0 Å². The van der Waals surface area contributed by atoms with Gasteiger partial charge in [0.15, 0.2) is 0 Å². The average molecular weight is 409 g/mol. The second-order valence-electron chi connectivity index (χ2n) is 7.69. The molecule has 0 saturated carbocycles. The van der Waals surface area contributed by atoms with Crippen LogP contribution in [-0.2, 0) is 4.79 Å². The van der Waals surface area contributed by atoms with E-state index >= 15 is 0 Å². The zero-order valence-corrected chi connectivity index (χ0v) is 17.4. The van der Waals surface area contributed by atoms with E-state index in [4.69, 9.17) is 0 Å². The molecule has 0 aromatic heterocycles. The summed E-state index contributed by atoms with van der Waals surface area (Å²) in [6.45, 7) is 5.49. The molecule has 0 aliphatic carbocycles. The summed E-state index contributed by atoms with van der Waals surface area (Å²) in [6.07, 6.45) is 2.12. The van der Waals surface area contributed by atoms with Gasteiger partial charge in [0.1, 0.15) is 0 Å². The molecule has 7 nitrogen and oxygen atoms in total. The topological polar surface area (TPSA) is 90.5 Å². The smallest absolute Gasteiger partial charge is 0.253 e. The van der Waals surface area contributed by atoms with Crippen molar-refractivity contribution < 1.29 is 14.4 Å². The van der Waals surface area contributed by atoms with Crippen LogP contribution < -0.4 is 16.0 Å². The first kappa shape index (κ1) is 21.4. The molecule has 1 saturated heterocycles. The van der Waals surface area contributed by atoms with Gasteiger partial charge in [0, 0.05) is 41.6 Å². The highest BCUT2D eigenvalue weighted by molar-refractivity contribution is 5.98. The molecule has 0 radical (unpaired) electrons. The van der Waals surface area contributed by atoms with Crippen LogP contribution in [0.2, 0.25) is 0 Å². The first-order valence-corrected chi connectivity index (χ1v) is 10.3. The van der Waals surface area contributed by atoms with Crippen molar-refractivity contribution in [3.8, 4) is 0 Å². The minimum atomic E-state index is -0.228. The van der Waals surface area contributed by atoms with E-state index in [1.54, 1.807) is 48.5 Å². The molecule has 1 aliphatic rings. The fourth-order valence-corrected chi connectivity index (χ4v) is 3.30. The normalized spacial score (nSPS) is 13.2. The van der Waals surface area contributed by atoms with Crippen molar-refractivity contribution >= 4 is 29.1 Å². The van der Waals surface area contributed by atoms with Gasteiger partial charge >= 0.3 is 0 Å². The Hall–Kier alpha value is -3.35. The second kappa shape index (κ2) is 9.91. The van der Waals surface area contributed by atoms with Gasteiger partial charge < -0.3 is 20.9 Å². The van der Waals surface area contributed by atoms with Crippen LogP contribution in [0.4, 0.5) is 11.4 Å². The van der Waals surface area contributed by atoms with E-state index in [9.17, 15) is 14.4 Å². The average Bonchev–Trinajstić information content (AvgIpc) is 3.27. The number of benzene rings is 2. The fourth-order valence-electron chi connectivity index (χ4n) is 3.30. The van der Waals surface area contributed by atoms with E-state index in [1.165, 1.54) is 0 Å². The zero-order valence-electron chi connectivity index (χ0n) is 17.4. The van der Waals surface area contributed by atoms with Crippen LogP contribution in [0.15, 0.2) is 48.5 Å². The van der Waals surface area contributed by atoms with Crippen molar-refractivity contribution in [2.75, 3.05) is 30.3 Å². The van der Waals surface area contributed by atoms with Crippen LogP contribution in [0.3, 0.4) is 0 Å². The van der Waals surface area contributed by atoms with Gasteiger partial charge in [-0.1, -0.05) is 6.07 Å². The molecule has 0 spiro atoms. The third kappa shape index (κ3) is 5.83. The number of rotatable bonds is 7. The van der Waals surface area contributed by atoms with Crippen LogP contribution in [0.25, 0.3) is 0 Å². The molecule has 1 heterocycles. The SMILES string of the molecule is CC(C)NC(=O)c1cccc(NC(=O)CNc2ccc(C(=O)N3CCCC3)cc2)c1. The summed E-state index contributed by atoms with van der Waals surface area (Å²) in [5.41, 5.74) is 2.47. The molecule has 0 atom stereocenters. The van der Waals surface area contributed by atoms with Crippen LogP contribution >= 0.6 is 0 Å². The summed E-state index contributed by atoms with van der Waals surface area (Å²) in [5, 5.41) is 8.66. The van der Waals surface area contributed by atoms with E-state index < -0.39 is 0 Å². The third-order valence-electron chi connectivity index (χ3n) is 4.81. The first-order valence-electron chi connectivity index (χ1n) is 10.3. The Kier molecular flexibility index (Phi) is 7.06. The van der Waals surface area contributed by atoms with E-state index in [2.05, 4.69) is 16.0 Å². The Morgan fingerprint density at radius 3 is 2.30 bits per heavy atom. The molecule has 30 heavy (non-hydrogen) atoms. The molecule has 2 aromatic rings. The lowest BCUT2D eigenvalue weighted by Gasteiger charge is -2.15. The van der Waals surface area contributed by atoms with Gasteiger partial charge in [0.25, 0.3) is 11.8 Å². The summed E-state index contributed by atoms with van der Waals surface area (Å²) in [7, 11) is 0. The predicted octanol–water partition coefficient (Wildman–Crippen LogP) is 3.11. The minimum Gasteiger partial charge on any atom is -0.376 e. The summed E-state index contributed by atoms with van der Waals surface area (Å²) in [5.74, 6) is -0.352. The predicted molar refractivity (Wildman–Crippen MR) is 118 cm³/mol. The minimum absolute atomic E-state index is 0.0389. The number of likely N-dealkylation sites (tertiary alicyclic amines) is 1. The Balaban J connectivity index is 1.51. The quantitative estimate of drug-likeness (QED) is 0.657. The van der Waals surface area contributed by atoms with Crippen LogP contribution in [0.5, 0.6) is 0 Å². The van der Waals surface area contributed by atoms with Crippen molar-refractivity contribution in [2.24, 2.45) is 0 Å². The van der Waals surface area contributed by atoms with Crippen molar-refractivity contribution in [3.05, 3.63) is 59.7 Å². The molecular formula is C23H28N4O3. The summed E-state index contributed by atoms with van der Waals surface area (Å²) >= 11 is 0. The van der Waals surface area contributed by atoms with Gasteiger partial charge in [-0.3, -0.25) is 14.4 Å².